The summed E-state index contributed by atoms with van der Waals surface area (Å²) in [6, 6.07) is 9.00. The minimum Gasteiger partial charge on any atom is -0.378 e. The number of aromatic nitrogens is 2. The molecule has 6 nitrogen and oxygen atoms in total. The van der Waals surface area contributed by atoms with Crippen molar-refractivity contribution in [1.29, 1.82) is 0 Å². The number of carbonyl (C=O) groups is 1. The third-order valence-corrected chi connectivity index (χ3v) is 4.55. The molecule has 2 N–H and O–H groups in total. The number of anilines is 1. The summed E-state index contributed by atoms with van der Waals surface area (Å²) in [5.74, 6) is -0.119. The summed E-state index contributed by atoms with van der Waals surface area (Å²) in [7, 11) is 1.54. The number of amides is 1. The lowest BCUT2D eigenvalue weighted by molar-refractivity contribution is -0.115. The van der Waals surface area contributed by atoms with Gasteiger partial charge in [0, 0.05) is 18.9 Å². The number of nitrogens with one attached hydrogen (secondary N) is 2. The van der Waals surface area contributed by atoms with Crippen molar-refractivity contribution in [2.24, 2.45) is 0 Å². The van der Waals surface area contributed by atoms with Gasteiger partial charge in [0.15, 0.2) is 5.16 Å². The van der Waals surface area contributed by atoms with Crippen molar-refractivity contribution < 1.29 is 9.53 Å². The van der Waals surface area contributed by atoms with Gasteiger partial charge in [0.1, 0.15) is 0 Å². The number of rotatable bonds is 7. The maximum absolute atomic E-state index is 12.5. The number of carbonyl (C=O) groups excluding carboxylic acids is 1. The number of H-pyrrole nitrogens is 1. The van der Waals surface area contributed by atoms with E-state index >= 15 is 0 Å². The molecule has 0 aliphatic heterocycles. The summed E-state index contributed by atoms with van der Waals surface area (Å²) in [6.45, 7) is 4.17. The predicted octanol–water partition coefficient (Wildman–Crippen LogP) is 2.73. The van der Waals surface area contributed by atoms with Crippen LogP contribution in [-0.2, 0) is 16.1 Å². The van der Waals surface area contributed by atoms with E-state index in [1.54, 1.807) is 7.11 Å². The van der Waals surface area contributed by atoms with Crippen LogP contribution >= 0.6 is 11.8 Å². The molecule has 1 aromatic carbocycles. The highest BCUT2D eigenvalue weighted by Crippen LogP contribution is 2.23. The van der Waals surface area contributed by atoms with Crippen molar-refractivity contribution >= 4 is 23.4 Å². The van der Waals surface area contributed by atoms with E-state index in [1.807, 2.05) is 38.1 Å². The van der Waals surface area contributed by atoms with Crippen LogP contribution in [-0.4, -0.2) is 28.2 Å². The molecule has 0 fully saturated rings. The van der Waals surface area contributed by atoms with E-state index in [0.29, 0.717) is 17.3 Å². The van der Waals surface area contributed by atoms with Crippen LogP contribution in [0.5, 0.6) is 0 Å². The highest BCUT2D eigenvalue weighted by Gasteiger charge is 2.19. The quantitative estimate of drug-likeness (QED) is 0.594. The molecule has 128 valence electrons. The fourth-order valence-corrected chi connectivity index (χ4v) is 3.01. The summed E-state index contributed by atoms with van der Waals surface area (Å²) in [4.78, 5) is 31.1. The first-order valence-corrected chi connectivity index (χ1v) is 8.53. The van der Waals surface area contributed by atoms with E-state index in [1.165, 1.54) is 17.8 Å². The molecule has 2 rings (SSSR count). The van der Waals surface area contributed by atoms with E-state index in [4.69, 9.17) is 4.74 Å². The first kappa shape index (κ1) is 18.2. The van der Waals surface area contributed by atoms with Crippen LogP contribution in [0.15, 0.2) is 40.3 Å². The number of hydrogen-bond acceptors (Lipinski definition) is 5. The van der Waals surface area contributed by atoms with Gasteiger partial charge in [-0.3, -0.25) is 9.59 Å². The maximum atomic E-state index is 12.5. The molecule has 1 aromatic heterocycles. The number of thioether (sulfide) groups is 1. The number of aromatic amines is 1. The van der Waals surface area contributed by atoms with Gasteiger partial charge in [0.2, 0.25) is 5.91 Å². The molecule has 0 aliphatic carbocycles. The molecular formula is C17H21N3O3S. The van der Waals surface area contributed by atoms with Gasteiger partial charge in [0.05, 0.1) is 17.6 Å². The van der Waals surface area contributed by atoms with Crippen LogP contribution < -0.4 is 10.9 Å². The summed E-state index contributed by atoms with van der Waals surface area (Å²) in [5, 5.41) is 2.95. The number of nitrogens with zero attached hydrogens (tertiary/aromatic N) is 1. The molecule has 24 heavy (non-hydrogen) atoms. The summed E-state index contributed by atoms with van der Waals surface area (Å²) < 4.78 is 5.00. The van der Waals surface area contributed by atoms with Crippen LogP contribution in [0.3, 0.4) is 0 Å². The standard InChI is InChI=1S/C17H21N3O3S/c1-4-14(16(22)18-12-7-5-11(2)6-8-12)24-17-19-13(10-23-3)9-15(21)20-17/h5-9,14H,4,10H2,1-3H3,(H,18,22)(H,19,20,21). The Hall–Kier alpha value is -2.12. The maximum Gasteiger partial charge on any atom is 0.251 e. The van der Waals surface area contributed by atoms with E-state index in [-0.39, 0.29) is 23.3 Å². The summed E-state index contributed by atoms with van der Waals surface area (Å²) >= 11 is 1.24. The molecule has 1 unspecified atom stereocenters. The van der Waals surface area contributed by atoms with Crippen molar-refractivity contribution in [2.45, 2.75) is 37.3 Å². The van der Waals surface area contributed by atoms with Gasteiger partial charge in [-0.15, -0.1) is 0 Å². The third kappa shape index (κ3) is 5.21. The Balaban J connectivity index is 2.09. The molecule has 1 atom stereocenters. The molecule has 1 heterocycles. The zero-order chi connectivity index (χ0) is 17.5. The lowest BCUT2D eigenvalue weighted by Gasteiger charge is -2.14. The Morgan fingerprint density at radius 3 is 2.71 bits per heavy atom. The molecule has 0 saturated heterocycles. The molecule has 0 saturated carbocycles. The first-order valence-electron chi connectivity index (χ1n) is 7.65. The van der Waals surface area contributed by atoms with Crippen molar-refractivity contribution in [2.75, 3.05) is 12.4 Å². The van der Waals surface area contributed by atoms with Gasteiger partial charge in [-0.1, -0.05) is 36.4 Å². The largest absolute Gasteiger partial charge is 0.378 e. The Morgan fingerprint density at radius 1 is 1.38 bits per heavy atom. The van der Waals surface area contributed by atoms with Crippen LogP contribution in [0.4, 0.5) is 5.69 Å². The van der Waals surface area contributed by atoms with Gasteiger partial charge < -0.3 is 15.0 Å². The second-order valence-electron chi connectivity index (χ2n) is 5.34. The van der Waals surface area contributed by atoms with Crippen LogP contribution in [0.25, 0.3) is 0 Å². The summed E-state index contributed by atoms with van der Waals surface area (Å²) in [5.41, 5.74) is 2.16. The number of benzene rings is 1. The van der Waals surface area contributed by atoms with Crippen LogP contribution in [0.1, 0.15) is 24.6 Å². The topological polar surface area (TPSA) is 84.1 Å². The van der Waals surface area contributed by atoms with Crippen molar-refractivity contribution in [1.82, 2.24) is 9.97 Å². The van der Waals surface area contributed by atoms with Gasteiger partial charge in [-0.05, 0) is 25.5 Å². The molecule has 1 amide bonds. The van der Waals surface area contributed by atoms with E-state index in [2.05, 4.69) is 15.3 Å². The average Bonchev–Trinajstić information content (AvgIpc) is 2.54. The van der Waals surface area contributed by atoms with Gasteiger partial charge in [0.25, 0.3) is 5.56 Å². The van der Waals surface area contributed by atoms with Crippen molar-refractivity contribution in [3.8, 4) is 0 Å². The number of ether oxygens (including phenoxy) is 1. The zero-order valence-corrected chi connectivity index (χ0v) is 14.8. The molecular weight excluding hydrogens is 326 g/mol. The van der Waals surface area contributed by atoms with Gasteiger partial charge in [-0.25, -0.2) is 4.98 Å². The zero-order valence-electron chi connectivity index (χ0n) is 14.0. The average molecular weight is 347 g/mol. The van der Waals surface area contributed by atoms with Crippen molar-refractivity contribution in [3.05, 3.63) is 51.9 Å². The Bertz CT molecular complexity index is 743. The molecule has 0 aliphatic rings. The smallest absolute Gasteiger partial charge is 0.251 e. The monoisotopic (exact) mass is 347 g/mol. The third-order valence-electron chi connectivity index (χ3n) is 3.30. The normalized spacial score (nSPS) is 12.0. The lowest BCUT2D eigenvalue weighted by Crippen LogP contribution is -2.25. The van der Waals surface area contributed by atoms with E-state index < -0.39 is 0 Å². The molecule has 0 bridgehead atoms. The van der Waals surface area contributed by atoms with Crippen LogP contribution in [0.2, 0.25) is 0 Å². The lowest BCUT2D eigenvalue weighted by atomic mass is 10.2. The second-order valence-corrected chi connectivity index (χ2v) is 6.54. The van der Waals surface area contributed by atoms with Gasteiger partial charge in [-0.2, -0.15) is 0 Å². The number of aryl methyl sites for hydroxylation is 1. The molecule has 0 spiro atoms. The molecule has 2 aromatic rings. The number of methoxy groups -OCH3 is 1. The minimum absolute atomic E-state index is 0.119. The van der Waals surface area contributed by atoms with E-state index in [0.717, 1.165) is 11.3 Å². The van der Waals surface area contributed by atoms with Gasteiger partial charge >= 0.3 is 0 Å². The highest BCUT2D eigenvalue weighted by molar-refractivity contribution is 8.00. The summed E-state index contributed by atoms with van der Waals surface area (Å²) in [6.07, 6.45) is 0.612. The fraction of sp³-hybridized carbons (Fsp3) is 0.353. The fourth-order valence-electron chi connectivity index (χ4n) is 2.08. The predicted molar refractivity (Wildman–Crippen MR) is 95.3 cm³/mol. The Labute approximate surface area is 145 Å². The molecule has 7 heteroatoms. The first-order chi connectivity index (χ1) is 11.5. The van der Waals surface area contributed by atoms with E-state index in [9.17, 15) is 9.59 Å². The highest BCUT2D eigenvalue weighted by atomic mass is 32.2. The Kier molecular flexibility index (Phi) is 6.57. The Morgan fingerprint density at radius 2 is 2.08 bits per heavy atom. The van der Waals surface area contributed by atoms with Crippen molar-refractivity contribution in [3.63, 3.8) is 0 Å². The minimum atomic E-state index is -0.354. The SMILES string of the molecule is CCC(Sc1nc(COC)cc(=O)[nH]1)C(=O)Nc1ccc(C)cc1. The van der Waals surface area contributed by atoms with Crippen LogP contribution in [0, 0.1) is 6.92 Å². The number of hydrogen-bond donors (Lipinski definition) is 2. The second kappa shape index (κ2) is 8.65. The molecule has 0 radical (unpaired) electrons.